The number of carbonyl (C=O) groups excluding carboxylic acids is 1. The summed E-state index contributed by atoms with van der Waals surface area (Å²) in [5.74, 6) is -0.175. The molecule has 5 nitrogen and oxygen atoms in total. The number of nitrogens with one attached hydrogen (secondary N) is 2. The molecule has 1 aromatic carbocycles. The summed E-state index contributed by atoms with van der Waals surface area (Å²) in [4.78, 5) is 16.5. The Hall–Kier alpha value is -3.13. The van der Waals surface area contributed by atoms with Crippen LogP contribution in [0.15, 0.2) is 54.4 Å². The number of nitriles is 1. The highest BCUT2D eigenvalue weighted by molar-refractivity contribution is 6.07. The second kappa shape index (κ2) is 7.93. The van der Waals surface area contributed by atoms with Gasteiger partial charge in [0.2, 0.25) is 0 Å². The van der Waals surface area contributed by atoms with E-state index in [0.717, 1.165) is 16.9 Å². The Kier molecular flexibility index (Phi) is 5.69. The fourth-order valence-corrected chi connectivity index (χ4v) is 2.16. The summed E-state index contributed by atoms with van der Waals surface area (Å²) in [6, 6.07) is 13.2. The van der Waals surface area contributed by atoms with E-state index in [1.807, 2.05) is 49.4 Å². The van der Waals surface area contributed by atoms with Crippen LogP contribution >= 0.6 is 0 Å². The van der Waals surface area contributed by atoms with Crippen LogP contribution in [0.25, 0.3) is 0 Å². The van der Waals surface area contributed by atoms with Crippen molar-refractivity contribution in [3.63, 3.8) is 0 Å². The Labute approximate surface area is 142 Å². The molecule has 1 aromatic heterocycles. The Balaban J connectivity index is 2.13. The highest BCUT2D eigenvalue weighted by atomic mass is 16.1. The number of aromatic nitrogens is 1. The average molecular weight is 320 g/mol. The molecule has 0 aliphatic rings. The zero-order valence-corrected chi connectivity index (χ0v) is 14.0. The summed E-state index contributed by atoms with van der Waals surface area (Å²) in [7, 11) is 0. The van der Waals surface area contributed by atoms with Gasteiger partial charge < -0.3 is 10.6 Å². The highest BCUT2D eigenvalue weighted by Gasteiger charge is 2.12. The number of carbonyl (C=O) groups is 1. The minimum atomic E-state index is -0.446. The van der Waals surface area contributed by atoms with E-state index in [1.165, 1.54) is 6.20 Å². The number of para-hydroxylation sites is 1. The number of aryl methyl sites for hydroxylation is 1. The van der Waals surface area contributed by atoms with E-state index in [1.54, 1.807) is 6.20 Å². The molecule has 1 heterocycles. The van der Waals surface area contributed by atoms with Gasteiger partial charge in [0.05, 0.1) is 11.9 Å². The first-order valence-electron chi connectivity index (χ1n) is 7.71. The van der Waals surface area contributed by atoms with Gasteiger partial charge >= 0.3 is 0 Å². The Morgan fingerprint density at radius 3 is 2.62 bits per heavy atom. The minimum absolute atomic E-state index is 0.00543. The van der Waals surface area contributed by atoms with Crippen molar-refractivity contribution in [2.45, 2.75) is 26.7 Å². The average Bonchev–Trinajstić information content (AvgIpc) is 2.57. The van der Waals surface area contributed by atoms with Crippen LogP contribution in [-0.2, 0) is 4.79 Å². The zero-order valence-electron chi connectivity index (χ0n) is 14.0. The summed E-state index contributed by atoms with van der Waals surface area (Å²) in [6.07, 6.45) is 3.03. The number of rotatable bonds is 5. The van der Waals surface area contributed by atoms with Crippen LogP contribution in [0.5, 0.6) is 0 Å². The summed E-state index contributed by atoms with van der Waals surface area (Å²) in [5, 5.41) is 15.0. The number of amides is 1. The first-order chi connectivity index (χ1) is 11.5. The van der Waals surface area contributed by atoms with E-state index < -0.39 is 5.91 Å². The fourth-order valence-electron chi connectivity index (χ4n) is 2.16. The molecular formula is C19H20N4O. The molecule has 2 N–H and O–H groups in total. The molecule has 0 spiro atoms. The molecule has 5 heteroatoms. The number of nitrogens with zero attached hydrogens (tertiary/aromatic N) is 2. The Morgan fingerprint density at radius 1 is 1.25 bits per heavy atom. The molecule has 0 fully saturated rings. The zero-order chi connectivity index (χ0) is 17.5. The minimum Gasteiger partial charge on any atom is -0.359 e. The van der Waals surface area contributed by atoms with Gasteiger partial charge in [-0.25, -0.2) is 0 Å². The topological polar surface area (TPSA) is 77.8 Å². The molecule has 0 radical (unpaired) electrons. The van der Waals surface area contributed by atoms with Gasteiger partial charge in [-0.1, -0.05) is 32.0 Å². The van der Waals surface area contributed by atoms with Crippen molar-refractivity contribution in [2.24, 2.45) is 0 Å². The number of benzene rings is 1. The lowest BCUT2D eigenvalue weighted by Gasteiger charge is -2.13. The van der Waals surface area contributed by atoms with E-state index in [4.69, 9.17) is 0 Å². The molecule has 122 valence electrons. The first kappa shape index (κ1) is 17.2. The summed E-state index contributed by atoms with van der Waals surface area (Å²) in [5.41, 5.74) is 3.35. The van der Waals surface area contributed by atoms with Crippen molar-refractivity contribution in [2.75, 3.05) is 10.6 Å². The van der Waals surface area contributed by atoms with Crippen LogP contribution in [-0.4, -0.2) is 10.9 Å². The molecule has 0 unspecified atom stereocenters. The third kappa shape index (κ3) is 4.43. The molecule has 2 rings (SSSR count). The maximum Gasteiger partial charge on any atom is 0.267 e. The third-order valence-electron chi connectivity index (χ3n) is 3.49. The van der Waals surface area contributed by atoms with Crippen LogP contribution in [0.3, 0.4) is 0 Å². The maximum atomic E-state index is 12.3. The molecule has 0 aliphatic heterocycles. The predicted molar refractivity (Wildman–Crippen MR) is 95.5 cm³/mol. The third-order valence-corrected chi connectivity index (χ3v) is 3.49. The molecule has 0 atom stereocenters. The van der Waals surface area contributed by atoms with Crippen LogP contribution < -0.4 is 10.6 Å². The second-order valence-electron chi connectivity index (χ2n) is 5.70. The SMILES string of the molecule is Cc1ccc(N/C=C(/C#N)C(=O)Nc2ccccc2C(C)C)cn1. The van der Waals surface area contributed by atoms with Crippen molar-refractivity contribution in [3.8, 4) is 6.07 Å². The largest absolute Gasteiger partial charge is 0.359 e. The standard InChI is InChI=1S/C19H20N4O/c1-13(2)17-6-4-5-7-18(17)23-19(24)15(10-20)11-22-16-9-8-14(3)21-12-16/h4-9,11-13,22H,1-3H3,(H,23,24)/b15-11-. The van der Waals surface area contributed by atoms with E-state index in [0.29, 0.717) is 5.69 Å². The molecule has 0 aliphatic carbocycles. The van der Waals surface area contributed by atoms with Crippen molar-refractivity contribution >= 4 is 17.3 Å². The smallest absolute Gasteiger partial charge is 0.267 e. The second-order valence-corrected chi connectivity index (χ2v) is 5.70. The van der Waals surface area contributed by atoms with Gasteiger partial charge in [-0.3, -0.25) is 9.78 Å². The van der Waals surface area contributed by atoms with Gasteiger partial charge in [0.25, 0.3) is 5.91 Å². The van der Waals surface area contributed by atoms with E-state index in [9.17, 15) is 10.1 Å². The highest BCUT2D eigenvalue weighted by Crippen LogP contribution is 2.24. The summed E-state index contributed by atoms with van der Waals surface area (Å²) < 4.78 is 0. The van der Waals surface area contributed by atoms with Crippen LogP contribution in [0.4, 0.5) is 11.4 Å². The van der Waals surface area contributed by atoms with Crippen LogP contribution in [0.2, 0.25) is 0 Å². The maximum absolute atomic E-state index is 12.3. The summed E-state index contributed by atoms with van der Waals surface area (Å²) in [6.45, 7) is 6.00. The number of hydrogen-bond acceptors (Lipinski definition) is 4. The lowest BCUT2D eigenvalue weighted by atomic mass is 10.0. The number of anilines is 2. The van der Waals surface area contributed by atoms with Gasteiger partial charge in [0, 0.05) is 17.6 Å². The molecule has 0 saturated heterocycles. The monoisotopic (exact) mass is 320 g/mol. The van der Waals surface area contributed by atoms with Gasteiger partial charge in [0.1, 0.15) is 11.6 Å². The van der Waals surface area contributed by atoms with Crippen LogP contribution in [0, 0.1) is 18.3 Å². The van der Waals surface area contributed by atoms with Crippen molar-refractivity contribution in [3.05, 3.63) is 65.6 Å². The Bertz CT molecular complexity index is 786. The number of pyridine rings is 1. The van der Waals surface area contributed by atoms with Crippen molar-refractivity contribution in [1.82, 2.24) is 4.98 Å². The van der Waals surface area contributed by atoms with E-state index in [2.05, 4.69) is 29.5 Å². The van der Waals surface area contributed by atoms with Crippen molar-refractivity contribution < 1.29 is 4.79 Å². The lowest BCUT2D eigenvalue weighted by Crippen LogP contribution is -2.16. The predicted octanol–water partition coefficient (Wildman–Crippen LogP) is 3.97. The first-order valence-corrected chi connectivity index (χ1v) is 7.71. The molecule has 0 saturated carbocycles. The molecular weight excluding hydrogens is 300 g/mol. The van der Waals surface area contributed by atoms with Crippen molar-refractivity contribution in [1.29, 1.82) is 5.26 Å². The molecule has 24 heavy (non-hydrogen) atoms. The van der Waals surface area contributed by atoms with Crippen LogP contribution in [0.1, 0.15) is 31.0 Å². The van der Waals surface area contributed by atoms with Gasteiger partial charge in [-0.05, 0) is 36.6 Å². The molecule has 1 amide bonds. The Morgan fingerprint density at radius 2 is 2.00 bits per heavy atom. The number of hydrogen-bond donors (Lipinski definition) is 2. The van der Waals surface area contributed by atoms with Gasteiger partial charge in [0.15, 0.2) is 0 Å². The fraction of sp³-hybridized carbons (Fsp3) is 0.211. The lowest BCUT2D eigenvalue weighted by molar-refractivity contribution is -0.112. The van der Waals surface area contributed by atoms with Gasteiger partial charge in [-0.15, -0.1) is 0 Å². The van der Waals surface area contributed by atoms with E-state index >= 15 is 0 Å². The quantitative estimate of drug-likeness (QED) is 0.645. The molecule has 2 aromatic rings. The molecule has 0 bridgehead atoms. The van der Waals surface area contributed by atoms with E-state index in [-0.39, 0.29) is 11.5 Å². The normalized spacial score (nSPS) is 11.0. The van der Waals surface area contributed by atoms with Gasteiger partial charge in [-0.2, -0.15) is 5.26 Å². The summed E-state index contributed by atoms with van der Waals surface area (Å²) >= 11 is 0.